The van der Waals surface area contributed by atoms with Crippen LogP contribution in [0.4, 0.5) is 0 Å². The molecule has 0 fully saturated rings. The Balaban J connectivity index is 2.12. The predicted octanol–water partition coefficient (Wildman–Crippen LogP) is 5.90. The highest BCUT2D eigenvalue weighted by atomic mass is 79.9. The first-order valence-corrected chi connectivity index (χ1v) is 7.51. The fourth-order valence-electron chi connectivity index (χ4n) is 2.31. The number of methoxy groups -OCH3 is 1. The minimum absolute atomic E-state index is 0.835. The van der Waals surface area contributed by atoms with Gasteiger partial charge in [0.1, 0.15) is 17.1 Å². The molecule has 1 heterocycles. The third kappa shape index (κ3) is 2.61. The average molecular weight is 343 g/mol. The van der Waals surface area contributed by atoms with Gasteiger partial charge >= 0.3 is 0 Å². The van der Waals surface area contributed by atoms with E-state index in [0.29, 0.717) is 0 Å². The van der Waals surface area contributed by atoms with Crippen molar-refractivity contribution in [3.63, 3.8) is 0 Å². The van der Waals surface area contributed by atoms with E-state index in [1.807, 2.05) is 43.3 Å². The quantitative estimate of drug-likeness (QED) is 0.590. The third-order valence-corrected chi connectivity index (χ3v) is 4.15. The number of ether oxygens (including phenoxy) is 1. The number of halogens is 1. The first-order chi connectivity index (χ1) is 10.2. The molecular formula is C18H15BrO2. The van der Waals surface area contributed by atoms with Gasteiger partial charge in [-0.25, -0.2) is 0 Å². The van der Waals surface area contributed by atoms with Crippen LogP contribution in [0.25, 0.3) is 28.4 Å². The zero-order valence-electron chi connectivity index (χ0n) is 11.9. The number of rotatable bonds is 3. The summed E-state index contributed by atoms with van der Waals surface area (Å²) in [7, 11) is 1.66. The van der Waals surface area contributed by atoms with E-state index in [2.05, 4.69) is 34.1 Å². The molecule has 0 aliphatic heterocycles. The van der Waals surface area contributed by atoms with E-state index in [1.165, 1.54) is 0 Å². The van der Waals surface area contributed by atoms with Crippen LogP contribution in [0.1, 0.15) is 12.5 Å². The Bertz CT molecular complexity index is 798. The summed E-state index contributed by atoms with van der Waals surface area (Å²) in [4.78, 5) is 0. The van der Waals surface area contributed by atoms with Crippen LogP contribution in [-0.4, -0.2) is 7.11 Å². The van der Waals surface area contributed by atoms with E-state index in [0.717, 1.165) is 38.1 Å². The van der Waals surface area contributed by atoms with E-state index in [4.69, 9.17) is 9.15 Å². The van der Waals surface area contributed by atoms with Crippen LogP contribution in [0.15, 0.2) is 57.4 Å². The topological polar surface area (TPSA) is 22.4 Å². The van der Waals surface area contributed by atoms with E-state index >= 15 is 0 Å². The van der Waals surface area contributed by atoms with Gasteiger partial charge in [-0.1, -0.05) is 18.2 Å². The van der Waals surface area contributed by atoms with Crippen LogP contribution in [0.2, 0.25) is 0 Å². The molecule has 106 valence electrons. The molecule has 0 amide bonds. The second-order valence-corrected chi connectivity index (χ2v) is 5.52. The van der Waals surface area contributed by atoms with Gasteiger partial charge < -0.3 is 9.15 Å². The normalized spacial score (nSPS) is 11.4. The molecule has 0 N–H and O–H groups in total. The standard InChI is InChI=1S/C18H15BrO2/c1-3-4-12-5-10-16-15(11-12)17(19)18(21-16)13-6-8-14(20-2)9-7-13/h3-11H,1-2H3/b4-3+. The van der Waals surface area contributed by atoms with Crippen LogP contribution < -0.4 is 4.74 Å². The Morgan fingerprint density at radius 3 is 2.52 bits per heavy atom. The van der Waals surface area contributed by atoms with Crippen molar-refractivity contribution < 1.29 is 9.15 Å². The second-order valence-electron chi connectivity index (χ2n) is 4.73. The molecule has 0 atom stereocenters. The number of hydrogen-bond acceptors (Lipinski definition) is 2. The number of furan rings is 1. The third-order valence-electron chi connectivity index (χ3n) is 3.36. The zero-order chi connectivity index (χ0) is 14.8. The second kappa shape index (κ2) is 5.78. The maximum atomic E-state index is 5.98. The van der Waals surface area contributed by atoms with Gasteiger partial charge in [0.2, 0.25) is 0 Å². The molecule has 3 heteroatoms. The summed E-state index contributed by atoms with van der Waals surface area (Å²) in [6, 6.07) is 14.0. The number of benzene rings is 2. The Morgan fingerprint density at radius 1 is 1.10 bits per heavy atom. The summed E-state index contributed by atoms with van der Waals surface area (Å²) in [5.74, 6) is 1.67. The van der Waals surface area contributed by atoms with E-state index in [9.17, 15) is 0 Å². The van der Waals surface area contributed by atoms with Gasteiger partial charge in [-0.2, -0.15) is 0 Å². The Morgan fingerprint density at radius 2 is 1.86 bits per heavy atom. The smallest absolute Gasteiger partial charge is 0.149 e. The predicted molar refractivity (Wildman–Crippen MR) is 90.6 cm³/mol. The van der Waals surface area contributed by atoms with Gasteiger partial charge in [0.25, 0.3) is 0 Å². The number of allylic oxidation sites excluding steroid dienone is 1. The molecule has 2 aromatic carbocycles. The van der Waals surface area contributed by atoms with Crippen molar-refractivity contribution in [1.82, 2.24) is 0 Å². The summed E-state index contributed by atoms with van der Waals surface area (Å²) in [6.45, 7) is 2.01. The molecule has 3 rings (SSSR count). The van der Waals surface area contributed by atoms with Crippen LogP contribution in [0.5, 0.6) is 5.75 Å². The number of hydrogen-bond donors (Lipinski definition) is 0. The largest absolute Gasteiger partial charge is 0.497 e. The molecular weight excluding hydrogens is 328 g/mol. The highest BCUT2D eigenvalue weighted by Crippen LogP contribution is 2.38. The summed E-state index contributed by atoms with van der Waals surface area (Å²) >= 11 is 3.66. The minimum atomic E-state index is 0.835. The van der Waals surface area contributed by atoms with Crippen LogP contribution in [0, 0.1) is 0 Å². The summed E-state index contributed by atoms with van der Waals surface area (Å²) in [5, 5.41) is 1.08. The summed E-state index contributed by atoms with van der Waals surface area (Å²) in [6.07, 6.45) is 4.10. The highest BCUT2D eigenvalue weighted by Gasteiger charge is 2.14. The lowest BCUT2D eigenvalue weighted by atomic mass is 10.1. The summed E-state index contributed by atoms with van der Waals surface area (Å²) < 4.78 is 12.1. The lowest BCUT2D eigenvalue weighted by molar-refractivity contribution is 0.415. The average Bonchev–Trinajstić information content (AvgIpc) is 2.85. The maximum Gasteiger partial charge on any atom is 0.149 e. The monoisotopic (exact) mass is 342 g/mol. The fraction of sp³-hybridized carbons (Fsp3) is 0.111. The first-order valence-electron chi connectivity index (χ1n) is 6.72. The molecule has 0 radical (unpaired) electrons. The number of fused-ring (bicyclic) bond motifs is 1. The van der Waals surface area contributed by atoms with Crippen molar-refractivity contribution in [3.8, 4) is 17.1 Å². The van der Waals surface area contributed by atoms with Gasteiger partial charge in [0, 0.05) is 10.9 Å². The molecule has 0 saturated heterocycles. The SMILES string of the molecule is C/C=C/c1ccc2oc(-c3ccc(OC)cc3)c(Br)c2c1. The van der Waals surface area contributed by atoms with Crippen molar-refractivity contribution in [1.29, 1.82) is 0 Å². The van der Waals surface area contributed by atoms with Crippen LogP contribution in [-0.2, 0) is 0 Å². The lowest BCUT2D eigenvalue weighted by Crippen LogP contribution is -1.82. The van der Waals surface area contributed by atoms with Gasteiger partial charge in [0.05, 0.1) is 11.6 Å². The molecule has 0 aliphatic rings. The van der Waals surface area contributed by atoms with Crippen LogP contribution in [0.3, 0.4) is 0 Å². The summed E-state index contributed by atoms with van der Waals surface area (Å²) in [5.41, 5.74) is 3.06. The highest BCUT2D eigenvalue weighted by molar-refractivity contribution is 9.10. The van der Waals surface area contributed by atoms with Crippen molar-refractivity contribution in [3.05, 3.63) is 58.6 Å². The van der Waals surface area contributed by atoms with Gasteiger partial charge in [-0.05, 0) is 64.8 Å². The zero-order valence-corrected chi connectivity index (χ0v) is 13.5. The Hall–Kier alpha value is -2.00. The van der Waals surface area contributed by atoms with Gasteiger partial charge in [-0.15, -0.1) is 0 Å². The fourth-order valence-corrected chi connectivity index (χ4v) is 2.93. The lowest BCUT2D eigenvalue weighted by Gasteiger charge is -2.01. The van der Waals surface area contributed by atoms with Crippen molar-refractivity contribution >= 4 is 33.0 Å². The molecule has 21 heavy (non-hydrogen) atoms. The molecule has 3 aromatic rings. The minimum Gasteiger partial charge on any atom is -0.497 e. The molecule has 0 unspecified atom stereocenters. The Kier molecular flexibility index (Phi) is 3.84. The van der Waals surface area contributed by atoms with Crippen molar-refractivity contribution in [2.24, 2.45) is 0 Å². The maximum absolute atomic E-state index is 5.98. The first kappa shape index (κ1) is 14.0. The molecule has 0 aliphatic carbocycles. The van der Waals surface area contributed by atoms with Crippen molar-refractivity contribution in [2.75, 3.05) is 7.11 Å². The molecule has 0 saturated carbocycles. The van der Waals surface area contributed by atoms with Gasteiger partial charge in [-0.3, -0.25) is 0 Å². The van der Waals surface area contributed by atoms with E-state index in [1.54, 1.807) is 7.11 Å². The molecule has 1 aromatic heterocycles. The van der Waals surface area contributed by atoms with Crippen molar-refractivity contribution in [2.45, 2.75) is 6.92 Å². The van der Waals surface area contributed by atoms with Gasteiger partial charge in [0.15, 0.2) is 0 Å². The molecule has 2 nitrogen and oxygen atoms in total. The Labute approximate surface area is 132 Å². The molecule has 0 bridgehead atoms. The van der Waals surface area contributed by atoms with E-state index < -0.39 is 0 Å². The van der Waals surface area contributed by atoms with Crippen LogP contribution >= 0.6 is 15.9 Å². The molecule has 0 spiro atoms. The van der Waals surface area contributed by atoms with E-state index in [-0.39, 0.29) is 0 Å².